The SMILES string of the molecule is CCc1cnc(CNS(=O)(=O)c2ccc(C=O)o2)s1. The Morgan fingerprint density at radius 2 is 2.26 bits per heavy atom. The van der Waals surface area contributed by atoms with Crippen LogP contribution in [0.2, 0.25) is 0 Å². The average Bonchev–Trinajstić information content (AvgIpc) is 3.05. The van der Waals surface area contributed by atoms with Crippen molar-refractivity contribution >= 4 is 27.6 Å². The molecule has 0 bridgehead atoms. The van der Waals surface area contributed by atoms with Gasteiger partial charge in [-0.05, 0) is 18.6 Å². The molecule has 0 aliphatic rings. The number of carbonyl (C=O) groups is 1. The zero-order valence-electron chi connectivity index (χ0n) is 10.1. The highest BCUT2D eigenvalue weighted by atomic mass is 32.2. The minimum absolute atomic E-state index is 0.0251. The van der Waals surface area contributed by atoms with Crippen molar-refractivity contribution in [3.63, 3.8) is 0 Å². The summed E-state index contributed by atoms with van der Waals surface area (Å²) in [6, 6.07) is 2.55. The molecule has 6 nitrogen and oxygen atoms in total. The number of aromatic nitrogens is 1. The van der Waals surface area contributed by atoms with E-state index in [2.05, 4.69) is 9.71 Å². The molecule has 0 aliphatic carbocycles. The summed E-state index contributed by atoms with van der Waals surface area (Å²) in [5, 5.41) is 0.407. The largest absolute Gasteiger partial charge is 0.440 e. The average molecular weight is 300 g/mol. The molecule has 8 heteroatoms. The first-order valence-corrected chi connectivity index (χ1v) is 7.83. The summed E-state index contributed by atoms with van der Waals surface area (Å²) < 4.78 is 31.0. The lowest BCUT2D eigenvalue weighted by molar-refractivity contribution is 0.109. The van der Waals surface area contributed by atoms with Gasteiger partial charge < -0.3 is 4.42 Å². The van der Waals surface area contributed by atoms with Crippen molar-refractivity contribution in [2.75, 3.05) is 0 Å². The summed E-state index contributed by atoms with van der Waals surface area (Å²) in [7, 11) is -3.75. The van der Waals surface area contributed by atoms with Crippen molar-refractivity contribution in [3.8, 4) is 0 Å². The number of aldehydes is 1. The van der Waals surface area contributed by atoms with Gasteiger partial charge in [0.2, 0.25) is 5.09 Å². The molecule has 0 amide bonds. The topological polar surface area (TPSA) is 89.3 Å². The third kappa shape index (κ3) is 3.28. The number of nitrogens with one attached hydrogen (secondary N) is 1. The molecule has 0 fully saturated rings. The third-order valence-electron chi connectivity index (χ3n) is 2.35. The molecule has 2 aromatic heterocycles. The number of carbonyl (C=O) groups excluding carboxylic acids is 1. The lowest BCUT2D eigenvalue weighted by Crippen LogP contribution is -2.22. The molecule has 0 saturated heterocycles. The molecule has 0 radical (unpaired) electrons. The van der Waals surface area contributed by atoms with Crippen LogP contribution in [0.5, 0.6) is 0 Å². The number of rotatable bonds is 6. The Hall–Kier alpha value is -1.51. The van der Waals surface area contributed by atoms with Gasteiger partial charge in [0.15, 0.2) is 12.0 Å². The normalized spacial score (nSPS) is 11.6. The molecule has 0 unspecified atom stereocenters. The number of aryl methyl sites for hydroxylation is 1. The van der Waals surface area contributed by atoms with Crippen LogP contribution in [0.3, 0.4) is 0 Å². The van der Waals surface area contributed by atoms with Gasteiger partial charge in [-0.3, -0.25) is 4.79 Å². The lowest BCUT2D eigenvalue weighted by atomic mass is 10.4. The van der Waals surface area contributed by atoms with E-state index in [0.29, 0.717) is 11.3 Å². The van der Waals surface area contributed by atoms with E-state index in [1.165, 1.54) is 23.5 Å². The van der Waals surface area contributed by atoms with E-state index >= 15 is 0 Å². The van der Waals surface area contributed by atoms with E-state index in [1.807, 2.05) is 6.92 Å². The summed E-state index contributed by atoms with van der Waals surface area (Å²) in [6.07, 6.45) is 3.05. The highest BCUT2D eigenvalue weighted by Gasteiger charge is 2.19. The van der Waals surface area contributed by atoms with E-state index in [1.54, 1.807) is 6.20 Å². The molecular weight excluding hydrogens is 288 g/mol. The Morgan fingerprint density at radius 3 is 2.84 bits per heavy atom. The summed E-state index contributed by atoms with van der Waals surface area (Å²) in [5.74, 6) is -0.0251. The first-order valence-electron chi connectivity index (χ1n) is 5.53. The monoisotopic (exact) mass is 300 g/mol. The van der Waals surface area contributed by atoms with Crippen molar-refractivity contribution in [2.24, 2.45) is 0 Å². The van der Waals surface area contributed by atoms with Crippen molar-refractivity contribution in [3.05, 3.63) is 34.0 Å². The Bertz CT molecular complexity index is 672. The van der Waals surface area contributed by atoms with Gasteiger partial charge in [-0.25, -0.2) is 18.1 Å². The van der Waals surface area contributed by atoms with Crippen LogP contribution in [0, 0.1) is 0 Å². The standard InChI is InChI=1S/C11H12N2O4S2/c1-2-9-5-12-10(18-9)6-13-19(15,16)11-4-3-8(7-14)17-11/h3-5,7,13H,2,6H2,1H3. The maximum atomic E-state index is 11.9. The Kier molecular flexibility index (Phi) is 4.13. The van der Waals surface area contributed by atoms with Gasteiger partial charge in [-0.2, -0.15) is 0 Å². The minimum atomic E-state index is -3.75. The van der Waals surface area contributed by atoms with Crippen molar-refractivity contribution in [1.82, 2.24) is 9.71 Å². The molecule has 2 aromatic rings. The maximum Gasteiger partial charge on any atom is 0.274 e. The van der Waals surface area contributed by atoms with Gasteiger partial charge >= 0.3 is 0 Å². The van der Waals surface area contributed by atoms with Gasteiger partial charge in [-0.1, -0.05) is 6.92 Å². The van der Waals surface area contributed by atoms with Crippen molar-refractivity contribution < 1.29 is 17.6 Å². The summed E-state index contributed by atoms with van der Waals surface area (Å²) >= 11 is 1.45. The predicted molar refractivity (Wildman–Crippen MR) is 69.6 cm³/mol. The Balaban J connectivity index is 2.07. The first kappa shape index (κ1) is 13.9. The van der Waals surface area contributed by atoms with Crippen molar-refractivity contribution in [2.45, 2.75) is 25.0 Å². The predicted octanol–water partition coefficient (Wildman–Crippen LogP) is 1.59. The van der Waals surface area contributed by atoms with Gasteiger partial charge in [0.1, 0.15) is 5.01 Å². The number of thiazole rings is 1. The molecule has 2 heterocycles. The highest BCUT2D eigenvalue weighted by molar-refractivity contribution is 7.89. The lowest BCUT2D eigenvalue weighted by Gasteiger charge is -2.01. The number of hydrogen-bond donors (Lipinski definition) is 1. The van der Waals surface area contributed by atoms with E-state index < -0.39 is 10.0 Å². The fraction of sp³-hybridized carbons (Fsp3) is 0.273. The van der Waals surface area contributed by atoms with Crippen LogP contribution in [-0.2, 0) is 23.0 Å². The molecule has 0 spiro atoms. The van der Waals surface area contributed by atoms with Crippen LogP contribution in [0.1, 0.15) is 27.4 Å². The molecule has 0 aromatic carbocycles. The highest BCUT2D eigenvalue weighted by Crippen LogP contribution is 2.16. The number of sulfonamides is 1. The third-order valence-corrected chi connectivity index (χ3v) is 4.76. The Morgan fingerprint density at radius 1 is 1.47 bits per heavy atom. The summed E-state index contributed by atoms with van der Waals surface area (Å²) in [4.78, 5) is 15.6. The Labute approximate surface area is 114 Å². The second-order valence-corrected chi connectivity index (χ2v) is 6.57. The quantitative estimate of drug-likeness (QED) is 0.818. The van der Waals surface area contributed by atoms with Crippen LogP contribution in [0.4, 0.5) is 0 Å². The maximum absolute atomic E-state index is 11.9. The summed E-state index contributed by atoms with van der Waals surface area (Å²) in [6.45, 7) is 2.11. The molecule has 19 heavy (non-hydrogen) atoms. The van der Waals surface area contributed by atoms with Gasteiger partial charge in [0.05, 0.1) is 6.54 Å². The van der Waals surface area contributed by atoms with Crippen LogP contribution in [0.15, 0.2) is 27.8 Å². The van der Waals surface area contributed by atoms with Crippen LogP contribution >= 0.6 is 11.3 Å². The summed E-state index contributed by atoms with van der Waals surface area (Å²) in [5.41, 5.74) is 0. The minimum Gasteiger partial charge on any atom is -0.440 e. The van der Waals surface area contributed by atoms with Crippen LogP contribution < -0.4 is 4.72 Å². The fourth-order valence-corrected chi connectivity index (χ4v) is 3.18. The molecular formula is C11H12N2O4S2. The van der Waals surface area contributed by atoms with Crippen LogP contribution in [0.25, 0.3) is 0 Å². The zero-order chi connectivity index (χ0) is 13.9. The first-order chi connectivity index (χ1) is 9.05. The zero-order valence-corrected chi connectivity index (χ0v) is 11.8. The van der Waals surface area contributed by atoms with Gasteiger partial charge in [0, 0.05) is 11.1 Å². The van der Waals surface area contributed by atoms with Gasteiger partial charge in [-0.15, -0.1) is 11.3 Å². The van der Waals surface area contributed by atoms with Crippen molar-refractivity contribution in [1.29, 1.82) is 0 Å². The van der Waals surface area contributed by atoms with Gasteiger partial charge in [0.25, 0.3) is 10.0 Å². The van der Waals surface area contributed by atoms with Crippen LogP contribution in [-0.4, -0.2) is 19.7 Å². The molecule has 0 aliphatic heterocycles. The van der Waals surface area contributed by atoms with E-state index in [4.69, 9.17) is 4.42 Å². The molecule has 0 atom stereocenters. The van der Waals surface area contributed by atoms with E-state index in [0.717, 1.165) is 11.3 Å². The van der Waals surface area contributed by atoms with E-state index in [9.17, 15) is 13.2 Å². The number of hydrogen-bond acceptors (Lipinski definition) is 6. The molecule has 2 rings (SSSR count). The number of nitrogens with zero attached hydrogens (tertiary/aromatic N) is 1. The fourth-order valence-electron chi connectivity index (χ4n) is 1.36. The molecule has 0 saturated carbocycles. The van der Waals surface area contributed by atoms with E-state index in [-0.39, 0.29) is 17.4 Å². The molecule has 102 valence electrons. The molecule has 1 N–H and O–H groups in total. The second-order valence-electron chi connectivity index (χ2n) is 3.67. The smallest absolute Gasteiger partial charge is 0.274 e. The second kappa shape index (κ2) is 5.64. The number of furan rings is 1.